The van der Waals surface area contributed by atoms with Crippen LogP contribution in [0.25, 0.3) is 0 Å². The van der Waals surface area contributed by atoms with E-state index in [0.717, 1.165) is 37.6 Å². The first-order valence-electron chi connectivity index (χ1n) is 6.17. The van der Waals surface area contributed by atoms with E-state index in [1.54, 1.807) is 0 Å². The van der Waals surface area contributed by atoms with Crippen molar-refractivity contribution in [1.82, 2.24) is 4.90 Å². The van der Waals surface area contributed by atoms with Gasteiger partial charge in [-0.1, -0.05) is 12.1 Å². The Kier molecular flexibility index (Phi) is 3.40. The summed E-state index contributed by atoms with van der Waals surface area (Å²) in [6.45, 7) is 10.0. The van der Waals surface area contributed by atoms with Gasteiger partial charge in [0.25, 0.3) is 0 Å². The summed E-state index contributed by atoms with van der Waals surface area (Å²) in [5.41, 5.74) is 9.37. The molecule has 0 unspecified atom stereocenters. The van der Waals surface area contributed by atoms with Crippen LogP contribution in [0.4, 0.5) is 5.69 Å². The maximum Gasteiger partial charge on any atom is 0.0645 e. The molecule has 2 rings (SSSR count). The molecular weight excluding hydrogens is 212 g/mol. The molecule has 1 aromatic rings. The number of nitrogens with zero attached hydrogens (tertiary/aromatic N) is 1. The minimum absolute atomic E-state index is 0.109. The van der Waals surface area contributed by atoms with Crippen LogP contribution in [0.2, 0.25) is 0 Å². The Morgan fingerprint density at radius 3 is 2.82 bits per heavy atom. The van der Waals surface area contributed by atoms with Gasteiger partial charge in [0.05, 0.1) is 13.2 Å². The lowest BCUT2D eigenvalue weighted by Gasteiger charge is -2.42. The number of hydrogen-bond donors (Lipinski definition) is 1. The quantitative estimate of drug-likeness (QED) is 0.797. The van der Waals surface area contributed by atoms with E-state index in [-0.39, 0.29) is 5.54 Å². The first kappa shape index (κ1) is 12.4. The summed E-state index contributed by atoms with van der Waals surface area (Å²) in [4.78, 5) is 2.46. The number of nitrogens with two attached hydrogens (primary N) is 1. The number of morpholine rings is 1. The summed E-state index contributed by atoms with van der Waals surface area (Å²) < 4.78 is 5.53. The molecule has 1 aromatic carbocycles. The Bertz CT molecular complexity index is 401. The van der Waals surface area contributed by atoms with Gasteiger partial charge in [0.2, 0.25) is 0 Å². The fourth-order valence-electron chi connectivity index (χ4n) is 2.19. The van der Waals surface area contributed by atoms with Crippen molar-refractivity contribution in [3.8, 4) is 0 Å². The molecule has 0 amide bonds. The van der Waals surface area contributed by atoms with Crippen molar-refractivity contribution >= 4 is 5.69 Å². The predicted octanol–water partition coefficient (Wildman–Crippen LogP) is 2.19. The Labute approximate surface area is 104 Å². The van der Waals surface area contributed by atoms with Crippen molar-refractivity contribution in [3.63, 3.8) is 0 Å². The zero-order chi connectivity index (χ0) is 12.5. The summed E-state index contributed by atoms with van der Waals surface area (Å²) >= 11 is 0. The van der Waals surface area contributed by atoms with Gasteiger partial charge in [-0.25, -0.2) is 0 Å². The van der Waals surface area contributed by atoms with Gasteiger partial charge in [-0.3, -0.25) is 4.90 Å². The topological polar surface area (TPSA) is 38.5 Å². The van der Waals surface area contributed by atoms with Crippen LogP contribution in [-0.2, 0) is 11.3 Å². The fraction of sp³-hybridized carbons (Fsp3) is 0.571. The number of anilines is 1. The normalized spacial score (nSPS) is 20.4. The first-order valence-corrected chi connectivity index (χ1v) is 6.17. The smallest absolute Gasteiger partial charge is 0.0645 e. The Balaban J connectivity index is 2.11. The standard InChI is InChI=1S/C14H22N2O/c1-11-4-5-12(8-13(11)15)9-16-6-7-17-10-14(16,2)3/h4-5,8H,6-7,9-10,15H2,1-3H3. The van der Waals surface area contributed by atoms with Crippen molar-refractivity contribution in [2.75, 3.05) is 25.5 Å². The average Bonchev–Trinajstić information content (AvgIpc) is 2.26. The van der Waals surface area contributed by atoms with E-state index >= 15 is 0 Å². The molecule has 0 spiro atoms. The average molecular weight is 234 g/mol. The van der Waals surface area contributed by atoms with E-state index in [1.807, 2.05) is 6.92 Å². The van der Waals surface area contributed by atoms with E-state index in [0.29, 0.717) is 0 Å². The number of hydrogen-bond acceptors (Lipinski definition) is 3. The molecule has 3 heteroatoms. The minimum Gasteiger partial charge on any atom is -0.399 e. The SMILES string of the molecule is Cc1ccc(CN2CCOCC2(C)C)cc1N. The molecule has 0 aromatic heterocycles. The molecule has 0 bridgehead atoms. The predicted molar refractivity (Wildman–Crippen MR) is 70.9 cm³/mol. The zero-order valence-corrected chi connectivity index (χ0v) is 11.0. The Morgan fingerprint density at radius 2 is 2.18 bits per heavy atom. The van der Waals surface area contributed by atoms with Gasteiger partial charge in [0, 0.05) is 24.3 Å². The Morgan fingerprint density at radius 1 is 1.41 bits per heavy atom. The highest BCUT2D eigenvalue weighted by atomic mass is 16.5. The number of rotatable bonds is 2. The summed E-state index contributed by atoms with van der Waals surface area (Å²) in [5.74, 6) is 0. The molecule has 1 aliphatic rings. The molecule has 0 atom stereocenters. The number of benzene rings is 1. The molecule has 0 aliphatic carbocycles. The van der Waals surface area contributed by atoms with Crippen molar-refractivity contribution in [2.24, 2.45) is 0 Å². The lowest BCUT2D eigenvalue weighted by molar-refractivity contribution is -0.0552. The first-order chi connectivity index (χ1) is 7.99. The van der Waals surface area contributed by atoms with E-state index < -0.39 is 0 Å². The third kappa shape index (κ3) is 2.79. The number of aryl methyl sites for hydroxylation is 1. The van der Waals surface area contributed by atoms with Crippen LogP contribution >= 0.6 is 0 Å². The number of ether oxygens (including phenoxy) is 1. The van der Waals surface area contributed by atoms with Crippen LogP contribution in [0, 0.1) is 6.92 Å². The van der Waals surface area contributed by atoms with E-state index in [1.165, 1.54) is 5.56 Å². The van der Waals surface area contributed by atoms with Crippen molar-refractivity contribution in [1.29, 1.82) is 0 Å². The fourth-order valence-corrected chi connectivity index (χ4v) is 2.19. The summed E-state index contributed by atoms with van der Waals surface area (Å²) in [7, 11) is 0. The molecule has 1 heterocycles. The maximum absolute atomic E-state index is 5.95. The summed E-state index contributed by atoms with van der Waals surface area (Å²) in [6, 6.07) is 6.34. The zero-order valence-electron chi connectivity index (χ0n) is 11.0. The van der Waals surface area contributed by atoms with E-state index in [9.17, 15) is 0 Å². The van der Waals surface area contributed by atoms with Gasteiger partial charge in [-0.05, 0) is 38.0 Å². The second-order valence-corrected chi connectivity index (χ2v) is 5.48. The largest absolute Gasteiger partial charge is 0.399 e. The molecular formula is C14H22N2O. The van der Waals surface area contributed by atoms with Gasteiger partial charge in [-0.15, -0.1) is 0 Å². The second kappa shape index (κ2) is 4.67. The second-order valence-electron chi connectivity index (χ2n) is 5.48. The van der Waals surface area contributed by atoms with Crippen molar-refractivity contribution in [2.45, 2.75) is 32.9 Å². The molecule has 1 aliphatic heterocycles. The number of nitrogen functional groups attached to an aromatic ring is 1. The minimum atomic E-state index is 0.109. The van der Waals surface area contributed by atoms with E-state index in [4.69, 9.17) is 10.5 Å². The van der Waals surface area contributed by atoms with Crippen LogP contribution in [-0.4, -0.2) is 30.2 Å². The molecule has 3 nitrogen and oxygen atoms in total. The van der Waals surface area contributed by atoms with Crippen LogP contribution in [0.3, 0.4) is 0 Å². The van der Waals surface area contributed by atoms with Crippen LogP contribution in [0.1, 0.15) is 25.0 Å². The highest BCUT2D eigenvalue weighted by Gasteiger charge is 2.30. The van der Waals surface area contributed by atoms with Crippen LogP contribution in [0.5, 0.6) is 0 Å². The molecule has 0 radical (unpaired) electrons. The van der Waals surface area contributed by atoms with Crippen LogP contribution in [0.15, 0.2) is 18.2 Å². The summed E-state index contributed by atoms with van der Waals surface area (Å²) in [5, 5.41) is 0. The summed E-state index contributed by atoms with van der Waals surface area (Å²) in [6.07, 6.45) is 0. The molecule has 1 fully saturated rings. The monoisotopic (exact) mass is 234 g/mol. The van der Waals surface area contributed by atoms with Crippen LogP contribution < -0.4 is 5.73 Å². The van der Waals surface area contributed by atoms with Gasteiger partial charge in [-0.2, -0.15) is 0 Å². The highest BCUT2D eigenvalue weighted by molar-refractivity contribution is 5.48. The lowest BCUT2D eigenvalue weighted by atomic mass is 10.0. The molecule has 17 heavy (non-hydrogen) atoms. The molecule has 0 saturated carbocycles. The third-order valence-electron chi connectivity index (χ3n) is 3.53. The van der Waals surface area contributed by atoms with E-state index in [2.05, 4.69) is 36.9 Å². The van der Waals surface area contributed by atoms with Gasteiger partial charge in [0.1, 0.15) is 0 Å². The third-order valence-corrected chi connectivity index (χ3v) is 3.53. The molecule has 2 N–H and O–H groups in total. The molecule has 94 valence electrons. The van der Waals surface area contributed by atoms with Crippen molar-refractivity contribution in [3.05, 3.63) is 29.3 Å². The molecule has 1 saturated heterocycles. The van der Waals surface area contributed by atoms with Crippen molar-refractivity contribution < 1.29 is 4.74 Å². The Hall–Kier alpha value is -1.06. The lowest BCUT2D eigenvalue weighted by Crippen LogP contribution is -2.52. The maximum atomic E-state index is 5.95. The van der Waals surface area contributed by atoms with Gasteiger partial charge >= 0.3 is 0 Å². The highest BCUT2D eigenvalue weighted by Crippen LogP contribution is 2.23. The van der Waals surface area contributed by atoms with Gasteiger partial charge < -0.3 is 10.5 Å². The van der Waals surface area contributed by atoms with Gasteiger partial charge in [0.15, 0.2) is 0 Å².